The molecular weight excluding hydrogens is 234 g/mol. The van der Waals surface area contributed by atoms with Crippen molar-refractivity contribution in [1.29, 1.82) is 0 Å². The van der Waals surface area contributed by atoms with Crippen molar-refractivity contribution in [2.24, 2.45) is 5.41 Å². The zero-order valence-electron chi connectivity index (χ0n) is 13.0. The fourth-order valence-corrected chi connectivity index (χ4v) is 2.35. The van der Waals surface area contributed by atoms with Crippen molar-refractivity contribution in [2.45, 2.75) is 59.6 Å². The second-order valence-corrected chi connectivity index (χ2v) is 6.70. The van der Waals surface area contributed by atoms with Crippen LogP contribution in [0.2, 0.25) is 0 Å². The molecule has 0 spiro atoms. The molecule has 0 amide bonds. The summed E-state index contributed by atoms with van der Waals surface area (Å²) in [6.07, 6.45) is 1.58. The number of aliphatic hydroxyl groups excluding tert-OH is 1. The van der Waals surface area contributed by atoms with Crippen molar-refractivity contribution < 1.29 is 5.11 Å². The summed E-state index contributed by atoms with van der Waals surface area (Å²) >= 11 is 0. The Morgan fingerprint density at radius 3 is 2.21 bits per heavy atom. The molecule has 0 bridgehead atoms. The molecule has 0 saturated carbocycles. The first-order valence-electron chi connectivity index (χ1n) is 7.30. The Morgan fingerprint density at radius 1 is 1.16 bits per heavy atom. The molecule has 1 rings (SSSR count). The molecule has 0 aliphatic rings. The van der Waals surface area contributed by atoms with E-state index < -0.39 is 0 Å². The Labute approximate surface area is 118 Å². The van der Waals surface area contributed by atoms with Crippen LogP contribution in [-0.2, 0) is 0 Å². The minimum Gasteiger partial charge on any atom is -0.392 e. The van der Waals surface area contributed by atoms with Crippen LogP contribution in [0, 0.1) is 12.3 Å². The highest BCUT2D eigenvalue weighted by Gasteiger charge is 2.18. The number of hydrogen-bond acceptors (Lipinski definition) is 2. The van der Waals surface area contributed by atoms with E-state index in [-0.39, 0.29) is 11.5 Å². The molecule has 0 aliphatic heterocycles. The largest absolute Gasteiger partial charge is 0.392 e. The van der Waals surface area contributed by atoms with Gasteiger partial charge in [0.15, 0.2) is 0 Å². The average Bonchev–Trinajstić information content (AvgIpc) is 2.29. The van der Waals surface area contributed by atoms with E-state index in [0.717, 1.165) is 12.8 Å². The van der Waals surface area contributed by atoms with Gasteiger partial charge in [0, 0.05) is 12.6 Å². The SMILES string of the molecule is CCC(NCC(O)CC(C)(C)C)c1ccc(C)cc1. The second kappa shape index (κ2) is 7.06. The van der Waals surface area contributed by atoms with Crippen LogP contribution in [0.4, 0.5) is 0 Å². The third-order valence-electron chi connectivity index (χ3n) is 3.34. The highest BCUT2D eigenvalue weighted by atomic mass is 16.3. The maximum absolute atomic E-state index is 10.1. The molecule has 2 N–H and O–H groups in total. The standard InChI is InChI=1S/C17H29NO/c1-6-16(14-9-7-13(2)8-10-14)18-12-15(19)11-17(3,4)5/h7-10,15-16,18-19H,6,11-12H2,1-5H3. The van der Waals surface area contributed by atoms with Gasteiger partial charge >= 0.3 is 0 Å². The minimum absolute atomic E-state index is 0.173. The van der Waals surface area contributed by atoms with Crippen molar-refractivity contribution in [3.8, 4) is 0 Å². The molecule has 2 unspecified atom stereocenters. The topological polar surface area (TPSA) is 32.3 Å². The zero-order chi connectivity index (χ0) is 14.5. The Kier molecular flexibility index (Phi) is 6.02. The third kappa shape index (κ3) is 6.22. The van der Waals surface area contributed by atoms with Crippen LogP contribution in [0.3, 0.4) is 0 Å². The van der Waals surface area contributed by atoms with Crippen LogP contribution in [-0.4, -0.2) is 17.8 Å². The van der Waals surface area contributed by atoms with Crippen LogP contribution >= 0.6 is 0 Å². The van der Waals surface area contributed by atoms with Crippen molar-refractivity contribution in [3.05, 3.63) is 35.4 Å². The summed E-state index contributed by atoms with van der Waals surface area (Å²) in [5.41, 5.74) is 2.76. The maximum Gasteiger partial charge on any atom is 0.0669 e. The van der Waals surface area contributed by atoms with Crippen LogP contribution in [0.5, 0.6) is 0 Å². The Balaban J connectivity index is 2.51. The van der Waals surface area contributed by atoms with E-state index >= 15 is 0 Å². The molecule has 1 aromatic rings. The summed E-state index contributed by atoms with van der Waals surface area (Å²) in [5.74, 6) is 0. The number of nitrogens with one attached hydrogen (secondary N) is 1. The van der Waals surface area contributed by atoms with Gasteiger partial charge in [0.2, 0.25) is 0 Å². The second-order valence-electron chi connectivity index (χ2n) is 6.70. The maximum atomic E-state index is 10.1. The molecule has 0 fully saturated rings. The van der Waals surface area contributed by atoms with Gasteiger partial charge in [-0.15, -0.1) is 0 Å². The summed E-state index contributed by atoms with van der Waals surface area (Å²) in [6.45, 7) is 11.4. The van der Waals surface area contributed by atoms with E-state index in [1.54, 1.807) is 0 Å². The lowest BCUT2D eigenvalue weighted by atomic mass is 9.89. The molecule has 0 saturated heterocycles. The average molecular weight is 263 g/mol. The Morgan fingerprint density at radius 2 is 1.74 bits per heavy atom. The van der Waals surface area contributed by atoms with Crippen molar-refractivity contribution in [1.82, 2.24) is 5.32 Å². The Bertz CT molecular complexity index is 364. The monoisotopic (exact) mass is 263 g/mol. The quantitative estimate of drug-likeness (QED) is 0.817. The number of benzene rings is 1. The van der Waals surface area contributed by atoms with E-state index in [9.17, 15) is 5.11 Å². The van der Waals surface area contributed by atoms with Gasteiger partial charge in [-0.2, -0.15) is 0 Å². The summed E-state index contributed by atoms with van der Waals surface area (Å²) in [7, 11) is 0. The molecule has 0 aromatic heterocycles. The lowest BCUT2D eigenvalue weighted by Crippen LogP contribution is -2.32. The molecular formula is C17H29NO. The van der Waals surface area contributed by atoms with Gasteiger partial charge in [0.05, 0.1) is 6.10 Å². The van der Waals surface area contributed by atoms with E-state index in [4.69, 9.17) is 0 Å². The highest BCUT2D eigenvalue weighted by Crippen LogP contribution is 2.21. The van der Waals surface area contributed by atoms with E-state index in [1.807, 2.05) is 0 Å². The smallest absolute Gasteiger partial charge is 0.0669 e. The molecule has 2 atom stereocenters. The van der Waals surface area contributed by atoms with Crippen LogP contribution in [0.25, 0.3) is 0 Å². The number of hydrogen-bond donors (Lipinski definition) is 2. The van der Waals surface area contributed by atoms with Crippen molar-refractivity contribution in [2.75, 3.05) is 6.54 Å². The first kappa shape index (κ1) is 16.2. The zero-order valence-corrected chi connectivity index (χ0v) is 13.0. The number of rotatable bonds is 6. The first-order valence-corrected chi connectivity index (χ1v) is 7.30. The van der Waals surface area contributed by atoms with Crippen LogP contribution in [0.1, 0.15) is 57.7 Å². The molecule has 0 aliphatic carbocycles. The van der Waals surface area contributed by atoms with Gasteiger partial charge in [-0.1, -0.05) is 57.5 Å². The number of aliphatic hydroxyl groups is 1. The van der Waals surface area contributed by atoms with Gasteiger partial charge in [0.25, 0.3) is 0 Å². The predicted octanol–water partition coefficient (Wildman–Crippen LogP) is 3.83. The van der Waals surface area contributed by atoms with Gasteiger partial charge < -0.3 is 10.4 Å². The third-order valence-corrected chi connectivity index (χ3v) is 3.34. The normalized spacial score (nSPS) is 15.3. The molecule has 108 valence electrons. The fraction of sp³-hybridized carbons (Fsp3) is 0.647. The van der Waals surface area contributed by atoms with Crippen LogP contribution in [0.15, 0.2) is 24.3 Å². The van der Waals surface area contributed by atoms with Gasteiger partial charge in [-0.05, 0) is 30.7 Å². The molecule has 1 aromatic carbocycles. The molecule has 2 heteroatoms. The lowest BCUT2D eigenvalue weighted by Gasteiger charge is -2.25. The number of aryl methyl sites for hydroxylation is 1. The van der Waals surface area contributed by atoms with E-state index in [0.29, 0.717) is 12.6 Å². The summed E-state index contributed by atoms with van der Waals surface area (Å²) in [4.78, 5) is 0. The van der Waals surface area contributed by atoms with E-state index in [2.05, 4.69) is 64.2 Å². The summed E-state index contributed by atoms with van der Waals surface area (Å²) in [6, 6.07) is 8.96. The molecule has 2 nitrogen and oxygen atoms in total. The van der Waals surface area contributed by atoms with Gasteiger partial charge in [-0.3, -0.25) is 0 Å². The van der Waals surface area contributed by atoms with Gasteiger partial charge in [-0.25, -0.2) is 0 Å². The first-order chi connectivity index (χ1) is 8.81. The predicted molar refractivity (Wildman–Crippen MR) is 82.3 cm³/mol. The van der Waals surface area contributed by atoms with Crippen LogP contribution < -0.4 is 5.32 Å². The molecule has 0 radical (unpaired) electrons. The molecule has 19 heavy (non-hydrogen) atoms. The summed E-state index contributed by atoms with van der Waals surface area (Å²) < 4.78 is 0. The Hall–Kier alpha value is -0.860. The van der Waals surface area contributed by atoms with Crippen molar-refractivity contribution in [3.63, 3.8) is 0 Å². The van der Waals surface area contributed by atoms with E-state index in [1.165, 1.54) is 11.1 Å². The highest BCUT2D eigenvalue weighted by molar-refractivity contribution is 5.24. The minimum atomic E-state index is -0.278. The summed E-state index contributed by atoms with van der Waals surface area (Å²) in [5, 5.41) is 13.5. The van der Waals surface area contributed by atoms with Crippen molar-refractivity contribution >= 4 is 0 Å². The molecule has 0 heterocycles. The fourth-order valence-electron chi connectivity index (χ4n) is 2.35. The van der Waals surface area contributed by atoms with Gasteiger partial charge in [0.1, 0.15) is 0 Å². The lowest BCUT2D eigenvalue weighted by molar-refractivity contribution is 0.116.